The fraction of sp³-hybridized carbons (Fsp3) is 0.118. The highest BCUT2D eigenvalue weighted by molar-refractivity contribution is 7.15. The maximum Gasteiger partial charge on any atom is 0.229 e. The number of aromatic nitrogens is 2. The fourth-order valence-corrected chi connectivity index (χ4v) is 3.15. The quantitative estimate of drug-likeness (QED) is 0.799. The summed E-state index contributed by atoms with van der Waals surface area (Å²) in [6.45, 7) is 1.94. The molecule has 2 aromatic heterocycles. The first-order valence-corrected chi connectivity index (χ1v) is 7.75. The van der Waals surface area contributed by atoms with Crippen LogP contribution in [-0.2, 0) is 11.2 Å². The minimum Gasteiger partial charge on any atom is -0.326 e. The molecule has 0 bridgehead atoms. The molecule has 0 aliphatic heterocycles. The van der Waals surface area contributed by atoms with E-state index < -0.39 is 0 Å². The van der Waals surface area contributed by atoms with Crippen LogP contribution in [0.3, 0.4) is 0 Å². The van der Waals surface area contributed by atoms with Gasteiger partial charge < -0.3 is 5.32 Å². The van der Waals surface area contributed by atoms with E-state index in [0.717, 1.165) is 26.8 Å². The molecular formula is C17H15N3OS. The van der Waals surface area contributed by atoms with E-state index >= 15 is 0 Å². The Morgan fingerprint density at radius 2 is 1.86 bits per heavy atom. The molecule has 0 radical (unpaired) electrons. The van der Waals surface area contributed by atoms with Gasteiger partial charge in [0.1, 0.15) is 5.01 Å². The van der Waals surface area contributed by atoms with E-state index in [1.807, 2.05) is 49.4 Å². The second-order valence-electron chi connectivity index (χ2n) is 4.85. The van der Waals surface area contributed by atoms with Crippen molar-refractivity contribution in [2.75, 3.05) is 5.32 Å². The van der Waals surface area contributed by atoms with E-state index in [2.05, 4.69) is 15.3 Å². The average Bonchev–Trinajstić information content (AvgIpc) is 2.90. The average molecular weight is 309 g/mol. The Morgan fingerprint density at radius 1 is 1.14 bits per heavy atom. The van der Waals surface area contributed by atoms with Crippen molar-refractivity contribution < 1.29 is 4.79 Å². The molecule has 3 aromatic rings. The van der Waals surface area contributed by atoms with Gasteiger partial charge in [-0.2, -0.15) is 0 Å². The smallest absolute Gasteiger partial charge is 0.229 e. The van der Waals surface area contributed by atoms with Gasteiger partial charge in [-0.05, 0) is 31.2 Å². The third-order valence-electron chi connectivity index (χ3n) is 3.20. The summed E-state index contributed by atoms with van der Waals surface area (Å²) < 4.78 is 0. The predicted molar refractivity (Wildman–Crippen MR) is 88.9 cm³/mol. The number of carbonyl (C=O) groups is 1. The Balaban J connectivity index is 1.73. The Labute approximate surface area is 132 Å². The largest absolute Gasteiger partial charge is 0.326 e. The number of benzene rings is 1. The zero-order valence-electron chi connectivity index (χ0n) is 12.1. The number of aryl methyl sites for hydroxylation is 1. The third kappa shape index (κ3) is 3.38. The van der Waals surface area contributed by atoms with Crippen LogP contribution in [0.2, 0.25) is 0 Å². The van der Waals surface area contributed by atoms with Crippen LogP contribution in [0.25, 0.3) is 10.6 Å². The number of amides is 1. The first-order chi connectivity index (χ1) is 10.7. The molecule has 1 N–H and O–H groups in total. The zero-order chi connectivity index (χ0) is 15.4. The van der Waals surface area contributed by atoms with Crippen LogP contribution in [-0.4, -0.2) is 15.9 Å². The topological polar surface area (TPSA) is 54.9 Å². The standard InChI is InChI=1S/C17H15N3OS/c1-12-15(11-16(21)20-14-5-3-2-4-6-14)22-17(19-12)13-7-9-18-10-8-13/h2-10H,11H2,1H3,(H,20,21). The first kappa shape index (κ1) is 14.4. The summed E-state index contributed by atoms with van der Waals surface area (Å²) in [5, 5.41) is 3.82. The summed E-state index contributed by atoms with van der Waals surface area (Å²) in [7, 11) is 0. The van der Waals surface area contributed by atoms with E-state index in [4.69, 9.17) is 0 Å². The number of thiazole rings is 1. The number of hydrogen-bond donors (Lipinski definition) is 1. The molecule has 0 saturated carbocycles. The Hall–Kier alpha value is -2.53. The molecule has 1 amide bonds. The summed E-state index contributed by atoms with van der Waals surface area (Å²) >= 11 is 1.55. The van der Waals surface area contributed by atoms with Crippen LogP contribution in [0.15, 0.2) is 54.9 Å². The summed E-state index contributed by atoms with van der Waals surface area (Å²) in [5.74, 6) is -0.0285. The fourth-order valence-electron chi connectivity index (χ4n) is 2.08. The highest BCUT2D eigenvalue weighted by atomic mass is 32.1. The lowest BCUT2D eigenvalue weighted by atomic mass is 10.2. The first-order valence-electron chi connectivity index (χ1n) is 6.94. The maximum absolute atomic E-state index is 12.1. The van der Waals surface area contributed by atoms with Gasteiger partial charge in [-0.25, -0.2) is 4.98 Å². The van der Waals surface area contributed by atoms with E-state index in [9.17, 15) is 4.79 Å². The molecular weight excluding hydrogens is 294 g/mol. The van der Waals surface area contributed by atoms with E-state index in [0.29, 0.717) is 6.42 Å². The molecule has 0 unspecified atom stereocenters. The summed E-state index contributed by atoms with van der Waals surface area (Å²) in [4.78, 5) is 21.7. The zero-order valence-corrected chi connectivity index (χ0v) is 12.9. The lowest BCUT2D eigenvalue weighted by molar-refractivity contribution is -0.115. The number of nitrogens with zero attached hydrogens (tertiary/aromatic N) is 2. The highest BCUT2D eigenvalue weighted by Gasteiger charge is 2.13. The third-order valence-corrected chi connectivity index (χ3v) is 4.41. The number of rotatable bonds is 4. The van der Waals surface area contributed by atoms with Gasteiger partial charge >= 0.3 is 0 Å². The number of anilines is 1. The van der Waals surface area contributed by atoms with Gasteiger partial charge in [-0.1, -0.05) is 18.2 Å². The number of para-hydroxylation sites is 1. The molecule has 0 atom stereocenters. The Bertz CT molecular complexity index is 769. The highest BCUT2D eigenvalue weighted by Crippen LogP contribution is 2.27. The van der Waals surface area contributed by atoms with Gasteiger partial charge in [0, 0.05) is 28.5 Å². The minimum absolute atomic E-state index is 0.0285. The lowest BCUT2D eigenvalue weighted by Crippen LogP contribution is -2.14. The van der Waals surface area contributed by atoms with Crippen molar-refractivity contribution in [1.82, 2.24) is 9.97 Å². The van der Waals surface area contributed by atoms with Gasteiger partial charge in [0.15, 0.2) is 0 Å². The van der Waals surface area contributed by atoms with Crippen LogP contribution >= 0.6 is 11.3 Å². The van der Waals surface area contributed by atoms with Crippen LogP contribution in [0.5, 0.6) is 0 Å². The molecule has 0 spiro atoms. The lowest BCUT2D eigenvalue weighted by Gasteiger charge is -2.03. The SMILES string of the molecule is Cc1nc(-c2ccncc2)sc1CC(=O)Nc1ccccc1. The van der Waals surface area contributed by atoms with Crippen LogP contribution in [0.1, 0.15) is 10.6 Å². The molecule has 0 aliphatic carbocycles. The number of hydrogen-bond acceptors (Lipinski definition) is 4. The van der Waals surface area contributed by atoms with Crippen LogP contribution in [0.4, 0.5) is 5.69 Å². The summed E-state index contributed by atoms with van der Waals surface area (Å²) in [5.41, 5.74) is 2.74. The van der Waals surface area contributed by atoms with Gasteiger partial charge in [0.2, 0.25) is 5.91 Å². The Morgan fingerprint density at radius 3 is 2.59 bits per heavy atom. The van der Waals surface area contributed by atoms with Gasteiger partial charge in [0.25, 0.3) is 0 Å². The molecule has 0 fully saturated rings. The second kappa shape index (κ2) is 6.49. The molecule has 2 heterocycles. The monoisotopic (exact) mass is 309 g/mol. The van der Waals surface area contributed by atoms with Crippen molar-refractivity contribution >= 4 is 22.9 Å². The Kier molecular flexibility index (Phi) is 4.25. The predicted octanol–water partition coefficient (Wildman–Crippen LogP) is 3.69. The van der Waals surface area contributed by atoms with Crippen molar-refractivity contribution in [3.8, 4) is 10.6 Å². The summed E-state index contributed by atoms with van der Waals surface area (Å²) in [6.07, 6.45) is 3.82. The second-order valence-corrected chi connectivity index (χ2v) is 5.94. The normalized spacial score (nSPS) is 10.4. The number of pyridine rings is 1. The molecule has 4 nitrogen and oxygen atoms in total. The van der Waals surface area contributed by atoms with Crippen molar-refractivity contribution in [3.05, 3.63) is 65.4 Å². The maximum atomic E-state index is 12.1. The van der Waals surface area contributed by atoms with Gasteiger partial charge in [0.05, 0.1) is 12.1 Å². The molecule has 0 saturated heterocycles. The van der Waals surface area contributed by atoms with Crippen molar-refractivity contribution in [3.63, 3.8) is 0 Å². The molecule has 110 valence electrons. The number of carbonyl (C=O) groups excluding carboxylic acids is 1. The van der Waals surface area contributed by atoms with Crippen molar-refractivity contribution in [1.29, 1.82) is 0 Å². The molecule has 1 aromatic carbocycles. The molecule has 22 heavy (non-hydrogen) atoms. The van der Waals surface area contributed by atoms with Gasteiger partial charge in [-0.15, -0.1) is 11.3 Å². The van der Waals surface area contributed by atoms with Crippen LogP contribution in [0, 0.1) is 6.92 Å². The van der Waals surface area contributed by atoms with E-state index in [1.54, 1.807) is 23.7 Å². The van der Waals surface area contributed by atoms with E-state index in [-0.39, 0.29) is 5.91 Å². The summed E-state index contributed by atoms with van der Waals surface area (Å²) in [6, 6.07) is 13.3. The molecule has 5 heteroatoms. The molecule has 3 rings (SSSR count). The van der Waals surface area contributed by atoms with E-state index in [1.165, 1.54) is 0 Å². The van der Waals surface area contributed by atoms with Crippen molar-refractivity contribution in [2.45, 2.75) is 13.3 Å². The van der Waals surface area contributed by atoms with Crippen LogP contribution < -0.4 is 5.32 Å². The van der Waals surface area contributed by atoms with Crippen molar-refractivity contribution in [2.24, 2.45) is 0 Å². The molecule has 0 aliphatic rings. The minimum atomic E-state index is -0.0285. The number of nitrogens with one attached hydrogen (secondary N) is 1. The van der Waals surface area contributed by atoms with Gasteiger partial charge in [-0.3, -0.25) is 9.78 Å².